The number of nitrogens with one attached hydrogen (secondary N) is 1. The van der Waals surface area contributed by atoms with E-state index in [2.05, 4.69) is 12.3 Å². The van der Waals surface area contributed by atoms with Gasteiger partial charge in [0.25, 0.3) is 5.91 Å². The number of amides is 2. The number of unbranched alkanes of at least 4 members (excludes halogenated alkanes) is 1. The number of benzene rings is 1. The molecule has 5 rings (SSSR count). The van der Waals surface area contributed by atoms with Crippen LogP contribution in [0.5, 0.6) is 0 Å². The normalized spacial score (nSPS) is 31.7. The minimum Gasteiger partial charge on any atom is -0.273 e. The van der Waals surface area contributed by atoms with Crippen molar-refractivity contribution in [1.29, 1.82) is 0 Å². The quantitative estimate of drug-likeness (QED) is 0.807. The van der Waals surface area contributed by atoms with Gasteiger partial charge in [-0.25, -0.2) is 5.01 Å². The zero-order valence-electron chi connectivity index (χ0n) is 15.7. The maximum Gasteiger partial charge on any atom is 0.272 e. The first-order valence-corrected chi connectivity index (χ1v) is 10.3. The lowest BCUT2D eigenvalue weighted by Gasteiger charge is -2.55. The lowest BCUT2D eigenvalue weighted by atomic mass is 9.49. The standard InChI is InChI=1S/C22H30N2O2/c1-2-3-9-24(20(25)19-7-5-4-6-8-19)23-21(26)22-13-16-10-17(14-22)12-18(11-16)15-22/h4-8,16-18H,2-3,9-15H2,1H3,(H,23,26). The molecule has 1 aromatic rings. The molecule has 4 bridgehead atoms. The van der Waals surface area contributed by atoms with Crippen LogP contribution in [0.4, 0.5) is 0 Å². The molecule has 0 unspecified atom stereocenters. The van der Waals surface area contributed by atoms with Crippen LogP contribution in [0.3, 0.4) is 0 Å². The summed E-state index contributed by atoms with van der Waals surface area (Å²) < 4.78 is 0. The Labute approximate surface area is 156 Å². The molecule has 1 N–H and O–H groups in total. The Balaban J connectivity index is 1.50. The van der Waals surface area contributed by atoms with E-state index in [0.717, 1.165) is 49.9 Å². The first kappa shape index (κ1) is 17.6. The largest absolute Gasteiger partial charge is 0.273 e. The van der Waals surface area contributed by atoms with Crippen LogP contribution < -0.4 is 5.43 Å². The van der Waals surface area contributed by atoms with Crippen molar-refractivity contribution in [3.8, 4) is 0 Å². The molecule has 0 spiro atoms. The minimum absolute atomic E-state index is 0.0944. The Morgan fingerprint density at radius 2 is 1.62 bits per heavy atom. The number of nitrogens with zero attached hydrogens (tertiary/aromatic N) is 1. The average molecular weight is 354 g/mol. The smallest absolute Gasteiger partial charge is 0.272 e. The predicted octanol–water partition coefficient (Wildman–Crippen LogP) is 4.18. The fourth-order valence-electron chi connectivity index (χ4n) is 5.89. The Hall–Kier alpha value is -1.84. The summed E-state index contributed by atoms with van der Waals surface area (Å²) in [5.41, 5.74) is 3.46. The second kappa shape index (κ2) is 7.05. The van der Waals surface area contributed by atoms with Gasteiger partial charge in [0.05, 0.1) is 5.41 Å². The van der Waals surface area contributed by atoms with Crippen molar-refractivity contribution in [3.63, 3.8) is 0 Å². The number of carbonyl (C=O) groups is 2. The van der Waals surface area contributed by atoms with E-state index >= 15 is 0 Å². The van der Waals surface area contributed by atoms with Crippen LogP contribution in [0.15, 0.2) is 30.3 Å². The topological polar surface area (TPSA) is 49.4 Å². The Morgan fingerprint density at radius 1 is 1.04 bits per heavy atom. The van der Waals surface area contributed by atoms with Gasteiger partial charge < -0.3 is 0 Å². The van der Waals surface area contributed by atoms with Gasteiger partial charge in [0.2, 0.25) is 5.91 Å². The van der Waals surface area contributed by atoms with E-state index in [9.17, 15) is 9.59 Å². The van der Waals surface area contributed by atoms with Crippen molar-refractivity contribution in [2.75, 3.05) is 6.54 Å². The number of hydrogen-bond acceptors (Lipinski definition) is 2. The van der Waals surface area contributed by atoms with E-state index in [1.807, 2.05) is 30.3 Å². The van der Waals surface area contributed by atoms with Gasteiger partial charge in [-0.2, -0.15) is 0 Å². The van der Waals surface area contributed by atoms with E-state index in [1.165, 1.54) is 19.3 Å². The summed E-state index contributed by atoms with van der Waals surface area (Å²) in [6, 6.07) is 9.27. The van der Waals surface area contributed by atoms with E-state index < -0.39 is 0 Å². The third kappa shape index (κ3) is 3.26. The van der Waals surface area contributed by atoms with E-state index in [4.69, 9.17) is 0 Å². The van der Waals surface area contributed by atoms with Gasteiger partial charge in [0, 0.05) is 12.1 Å². The number of rotatable bonds is 5. The monoisotopic (exact) mass is 354 g/mol. The average Bonchev–Trinajstić information content (AvgIpc) is 2.64. The second-order valence-electron chi connectivity index (χ2n) is 8.82. The molecule has 4 aliphatic carbocycles. The van der Waals surface area contributed by atoms with Crippen LogP contribution in [0.1, 0.15) is 68.6 Å². The van der Waals surface area contributed by atoms with Crippen molar-refractivity contribution >= 4 is 11.8 Å². The molecule has 4 heteroatoms. The van der Waals surface area contributed by atoms with Crippen LogP contribution in [-0.2, 0) is 4.79 Å². The zero-order chi connectivity index (χ0) is 18.1. The first-order valence-electron chi connectivity index (χ1n) is 10.3. The highest BCUT2D eigenvalue weighted by Crippen LogP contribution is 2.60. The number of carbonyl (C=O) groups excluding carboxylic acids is 2. The third-order valence-corrected chi connectivity index (χ3v) is 6.76. The molecule has 0 atom stereocenters. The maximum atomic E-state index is 13.3. The molecule has 0 heterocycles. The summed E-state index contributed by atoms with van der Waals surface area (Å²) in [7, 11) is 0. The van der Waals surface area contributed by atoms with Crippen LogP contribution >= 0.6 is 0 Å². The Bertz CT molecular complexity index is 635. The van der Waals surface area contributed by atoms with Crippen LogP contribution in [-0.4, -0.2) is 23.4 Å². The Kier molecular flexibility index (Phi) is 4.76. The van der Waals surface area contributed by atoms with Gasteiger partial charge in [-0.05, 0) is 74.8 Å². The molecule has 4 fully saturated rings. The second-order valence-corrected chi connectivity index (χ2v) is 8.82. The number of hydrogen-bond donors (Lipinski definition) is 1. The summed E-state index contributed by atoms with van der Waals surface area (Å²) in [4.78, 5) is 26.2. The van der Waals surface area contributed by atoms with Crippen LogP contribution in [0.25, 0.3) is 0 Å². The fraction of sp³-hybridized carbons (Fsp3) is 0.636. The molecular formula is C22H30N2O2. The highest BCUT2D eigenvalue weighted by Gasteiger charge is 2.55. The molecule has 1 aromatic carbocycles. The summed E-state index contributed by atoms with van der Waals surface area (Å²) >= 11 is 0. The highest BCUT2D eigenvalue weighted by molar-refractivity contribution is 5.96. The summed E-state index contributed by atoms with van der Waals surface area (Å²) in [5.74, 6) is 2.16. The first-order chi connectivity index (χ1) is 12.6. The van der Waals surface area contributed by atoms with Crippen molar-refractivity contribution in [1.82, 2.24) is 10.4 Å². The minimum atomic E-state index is -0.226. The molecule has 4 aliphatic rings. The summed E-state index contributed by atoms with van der Waals surface area (Å²) in [6.07, 6.45) is 8.88. The van der Waals surface area contributed by atoms with Gasteiger partial charge in [-0.3, -0.25) is 15.0 Å². The SMILES string of the molecule is CCCCN(NC(=O)C12CC3CC(CC(C3)C1)C2)C(=O)c1ccccc1. The lowest BCUT2D eigenvalue weighted by Crippen LogP contribution is -2.58. The van der Waals surface area contributed by atoms with Gasteiger partial charge >= 0.3 is 0 Å². The summed E-state index contributed by atoms with van der Waals surface area (Å²) in [5, 5.41) is 1.57. The van der Waals surface area contributed by atoms with E-state index in [-0.39, 0.29) is 17.2 Å². The van der Waals surface area contributed by atoms with Crippen molar-refractivity contribution in [2.24, 2.45) is 23.2 Å². The lowest BCUT2D eigenvalue weighted by molar-refractivity contribution is -0.150. The molecule has 0 saturated heterocycles. The van der Waals surface area contributed by atoms with Gasteiger partial charge in [-0.15, -0.1) is 0 Å². The zero-order valence-corrected chi connectivity index (χ0v) is 15.7. The van der Waals surface area contributed by atoms with Crippen molar-refractivity contribution in [3.05, 3.63) is 35.9 Å². The van der Waals surface area contributed by atoms with Gasteiger partial charge in [0.1, 0.15) is 0 Å². The van der Waals surface area contributed by atoms with Crippen molar-refractivity contribution in [2.45, 2.75) is 58.3 Å². The third-order valence-electron chi connectivity index (χ3n) is 6.76. The van der Waals surface area contributed by atoms with Crippen LogP contribution in [0, 0.1) is 23.2 Å². The Morgan fingerprint density at radius 3 is 2.15 bits per heavy atom. The molecule has 2 amide bonds. The van der Waals surface area contributed by atoms with E-state index in [1.54, 1.807) is 5.01 Å². The van der Waals surface area contributed by atoms with E-state index in [0.29, 0.717) is 12.1 Å². The molecule has 0 aromatic heterocycles. The van der Waals surface area contributed by atoms with Gasteiger partial charge in [0.15, 0.2) is 0 Å². The fourth-order valence-corrected chi connectivity index (χ4v) is 5.89. The molecule has 0 radical (unpaired) electrons. The summed E-state index contributed by atoms with van der Waals surface area (Å²) in [6.45, 7) is 2.68. The molecule has 26 heavy (non-hydrogen) atoms. The molecule has 0 aliphatic heterocycles. The number of hydrazine groups is 1. The molecular weight excluding hydrogens is 324 g/mol. The molecule has 4 nitrogen and oxygen atoms in total. The van der Waals surface area contributed by atoms with Crippen molar-refractivity contribution < 1.29 is 9.59 Å². The van der Waals surface area contributed by atoms with Crippen LogP contribution in [0.2, 0.25) is 0 Å². The van der Waals surface area contributed by atoms with Gasteiger partial charge in [-0.1, -0.05) is 31.5 Å². The molecule has 4 saturated carbocycles. The highest BCUT2D eigenvalue weighted by atomic mass is 16.2. The molecule has 140 valence electrons. The predicted molar refractivity (Wildman–Crippen MR) is 101 cm³/mol. The maximum absolute atomic E-state index is 13.3.